The van der Waals surface area contributed by atoms with Gasteiger partial charge in [0.25, 0.3) is 0 Å². The number of aliphatic hydroxyl groups excluding tert-OH is 1. The molecular weight excluding hydrogens is 332 g/mol. The average Bonchev–Trinajstić information content (AvgIpc) is 2.47. The van der Waals surface area contributed by atoms with E-state index in [2.05, 4.69) is 12.1 Å². The summed E-state index contributed by atoms with van der Waals surface area (Å²) in [5.41, 5.74) is 4.58. The second-order valence-corrected chi connectivity index (χ2v) is 10.1. The van der Waals surface area contributed by atoms with Crippen molar-refractivity contribution >= 4 is 22.2 Å². The summed E-state index contributed by atoms with van der Waals surface area (Å²) in [5.74, 6) is 0.269. The van der Waals surface area contributed by atoms with Crippen LogP contribution in [0.5, 0.6) is 0 Å². The molecule has 1 aliphatic carbocycles. The Morgan fingerprint density at radius 3 is 2.16 bits per heavy atom. The number of aliphatic hydroxyl groups is 1. The van der Waals surface area contributed by atoms with E-state index in [-0.39, 0.29) is 28.0 Å². The van der Waals surface area contributed by atoms with Crippen molar-refractivity contribution in [3.63, 3.8) is 0 Å². The predicted molar refractivity (Wildman–Crippen MR) is 105 cm³/mol. The smallest absolute Gasteiger partial charge is 0.167 e. The molecule has 0 spiro atoms. The molecule has 0 aromatic heterocycles. The zero-order chi connectivity index (χ0) is 18.9. The van der Waals surface area contributed by atoms with Gasteiger partial charge in [0.1, 0.15) is 5.76 Å². The molecule has 1 aliphatic rings. The Morgan fingerprint density at radius 2 is 1.68 bits per heavy atom. The van der Waals surface area contributed by atoms with Gasteiger partial charge in [0.2, 0.25) is 0 Å². The molecule has 1 N–H and O–H groups in total. The van der Waals surface area contributed by atoms with Crippen LogP contribution in [0.15, 0.2) is 17.9 Å². The van der Waals surface area contributed by atoms with E-state index in [0.717, 1.165) is 22.3 Å². The molecule has 3 nitrogen and oxygen atoms in total. The number of ketones is 1. The minimum atomic E-state index is -0.904. The van der Waals surface area contributed by atoms with E-state index in [1.807, 2.05) is 41.5 Å². The van der Waals surface area contributed by atoms with E-state index >= 15 is 0 Å². The molecule has 0 saturated carbocycles. The second-order valence-electron chi connectivity index (χ2n) is 7.72. The lowest BCUT2D eigenvalue weighted by molar-refractivity contribution is -0.115. The number of hydrogen-bond acceptors (Lipinski definition) is 3. The highest BCUT2D eigenvalue weighted by Gasteiger charge is 2.32. The number of aryl methyl sites for hydroxylation is 3. The van der Waals surface area contributed by atoms with Gasteiger partial charge in [0.05, 0.1) is 5.57 Å². The molecule has 0 saturated heterocycles. The van der Waals surface area contributed by atoms with Crippen molar-refractivity contribution in [3.05, 3.63) is 40.1 Å². The summed E-state index contributed by atoms with van der Waals surface area (Å²) < 4.78 is 12.2. The lowest BCUT2D eigenvalue weighted by Crippen LogP contribution is -2.26. The lowest BCUT2D eigenvalue weighted by Gasteiger charge is -2.27. The van der Waals surface area contributed by atoms with Gasteiger partial charge in [-0.25, -0.2) is 0 Å². The van der Waals surface area contributed by atoms with E-state index in [4.69, 9.17) is 0 Å². The van der Waals surface area contributed by atoms with Gasteiger partial charge in [-0.1, -0.05) is 38.5 Å². The Labute approximate surface area is 154 Å². The fraction of sp³-hybridized carbons (Fsp3) is 0.571. The van der Waals surface area contributed by atoms with Crippen LogP contribution >= 0.6 is 0 Å². The molecule has 3 atom stereocenters. The highest BCUT2D eigenvalue weighted by Crippen LogP contribution is 2.37. The van der Waals surface area contributed by atoms with Crippen LogP contribution in [0.3, 0.4) is 0 Å². The average molecular weight is 363 g/mol. The maximum atomic E-state index is 12.8. The van der Waals surface area contributed by atoms with Crippen LogP contribution in [0, 0.1) is 26.7 Å². The fourth-order valence-electron chi connectivity index (χ4n) is 4.03. The molecule has 138 valence electrons. The molecular formula is C21H30O3S. The quantitative estimate of drug-likeness (QED) is 0.819. The summed E-state index contributed by atoms with van der Waals surface area (Å²) in [7, 11) is -0.904. The van der Waals surface area contributed by atoms with Crippen LogP contribution in [0.25, 0.3) is 5.57 Å². The largest absolute Gasteiger partial charge is 0.512 e. The number of hydrogen-bond donors (Lipinski definition) is 1. The van der Waals surface area contributed by atoms with E-state index < -0.39 is 10.8 Å². The zero-order valence-electron chi connectivity index (χ0n) is 16.2. The number of carbonyl (C=O) groups is 1. The third kappa shape index (κ3) is 4.41. The van der Waals surface area contributed by atoms with E-state index in [1.54, 1.807) is 0 Å². The van der Waals surface area contributed by atoms with Crippen LogP contribution in [0.2, 0.25) is 0 Å². The Kier molecular flexibility index (Phi) is 6.26. The van der Waals surface area contributed by atoms with Crippen molar-refractivity contribution in [3.8, 4) is 0 Å². The Balaban J connectivity index is 2.27. The first-order valence-corrected chi connectivity index (χ1v) is 10.3. The van der Waals surface area contributed by atoms with Gasteiger partial charge in [-0.05, 0) is 49.8 Å². The molecule has 25 heavy (non-hydrogen) atoms. The monoisotopic (exact) mass is 362 g/mol. The lowest BCUT2D eigenvalue weighted by atomic mass is 9.80. The number of benzene rings is 1. The van der Waals surface area contributed by atoms with Gasteiger partial charge in [0, 0.05) is 34.1 Å². The van der Waals surface area contributed by atoms with Crippen LogP contribution < -0.4 is 0 Å². The maximum absolute atomic E-state index is 12.8. The molecule has 2 rings (SSSR count). The van der Waals surface area contributed by atoms with Crippen LogP contribution in [-0.2, 0) is 15.6 Å². The summed E-state index contributed by atoms with van der Waals surface area (Å²) >= 11 is 0. The summed E-state index contributed by atoms with van der Waals surface area (Å²) in [5, 5.41) is 10.8. The highest BCUT2D eigenvalue weighted by atomic mass is 32.2. The van der Waals surface area contributed by atoms with Gasteiger partial charge < -0.3 is 5.11 Å². The fourth-order valence-corrected chi connectivity index (χ4v) is 5.42. The molecule has 1 aromatic carbocycles. The van der Waals surface area contributed by atoms with E-state index in [9.17, 15) is 14.1 Å². The van der Waals surface area contributed by atoms with Gasteiger partial charge in [-0.15, -0.1) is 0 Å². The van der Waals surface area contributed by atoms with Crippen molar-refractivity contribution in [2.45, 2.75) is 71.3 Å². The standard InChI is InChI=1S/C21H30O3S/c1-12(2)25(24)16(6)9-17-10-18(22)21(19(23)11-17)20-14(4)7-13(3)8-15(20)5/h7-8,12,16-17,22H,9-11H2,1-6H3. The molecule has 4 heteroatoms. The molecule has 0 radical (unpaired) electrons. The third-order valence-corrected chi connectivity index (χ3v) is 6.89. The van der Waals surface area contributed by atoms with Crippen molar-refractivity contribution in [1.29, 1.82) is 0 Å². The first-order chi connectivity index (χ1) is 11.6. The number of Topliss-reactive ketones (excluding diaryl/α,β-unsaturated/α-hetero) is 1. The highest BCUT2D eigenvalue weighted by molar-refractivity contribution is 7.86. The van der Waals surface area contributed by atoms with Crippen molar-refractivity contribution in [2.24, 2.45) is 5.92 Å². The summed E-state index contributed by atoms with van der Waals surface area (Å²) in [4.78, 5) is 12.8. The van der Waals surface area contributed by atoms with Crippen molar-refractivity contribution < 1.29 is 14.1 Å². The third-order valence-electron chi connectivity index (χ3n) is 4.98. The molecule has 0 fully saturated rings. The summed E-state index contributed by atoms with van der Waals surface area (Å²) in [6, 6.07) is 4.10. The normalized spacial score (nSPS) is 20.9. The number of rotatable bonds is 5. The minimum absolute atomic E-state index is 0.00586. The molecule has 0 bridgehead atoms. The topological polar surface area (TPSA) is 54.4 Å². The van der Waals surface area contributed by atoms with Gasteiger partial charge in [0.15, 0.2) is 5.78 Å². The molecule has 0 aliphatic heterocycles. The molecule has 0 heterocycles. The summed E-state index contributed by atoms with van der Waals surface area (Å²) in [6.45, 7) is 11.9. The molecule has 3 unspecified atom stereocenters. The Morgan fingerprint density at radius 1 is 1.12 bits per heavy atom. The van der Waals surface area contributed by atoms with Crippen molar-refractivity contribution in [1.82, 2.24) is 0 Å². The number of allylic oxidation sites excluding steroid dienone is 2. The Hall–Kier alpha value is -1.42. The minimum Gasteiger partial charge on any atom is -0.512 e. The zero-order valence-corrected chi connectivity index (χ0v) is 17.0. The van der Waals surface area contributed by atoms with E-state index in [0.29, 0.717) is 24.8 Å². The van der Waals surface area contributed by atoms with Crippen LogP contribution in [-0.4, -0.2) is 25.6 Å². The SMILES string of the molecule is Cc1cc(C)c(C2=C(O)CC(CC(C)S(=O)C(C)C)CC2=O)c(C)c1. The predicted octanol–water partition coefficient (Wildman–Crippen LogP) is 4.80. The second kappa shape index (κ2) is 7.86. The molecule has 1 aromatic rings. The van der Waals surface area contributed by atoms with Gasteiger partial charge in [-0.3, -0.25) is 9.00 Å². The van der Waals surface area contributed by atoms with Gasteiger partial charge >= 0.3 is 0 Å². The Bertz CT molecular complexity index is 708. The van der Waals surface area contributed by atoms with Gasteiger partial charge in [-0.2, -0.15) is 0 Å². The number of carbonyl (C=O) groups excluding carboxylic acids is 1. The maximum Gasteiger partial charge on any atom is 0.167 e. The van der Waals surface area contributed by atoms with Crippen LogP contribution in [0.1, 0.15) is 62.3 Å². The van der Waals surface area contributed by atoms with Crippen LogP contribution in [0.4, 0.5) is 0 Å². The first kappa shape index (κ1) is 19.9. The molecule has 0 amide bonds. The van der Waals surface area contributed by atoms with Crippen molar-refractivity contribution in [2.75, 3.05) is 0 Å². The first-order valence-electron chi connectivity index (χ1n) is 9.04. The summed E-state index contributed by atoms with van der Waals surface area (Å²) in [6.07, 6.45) is 1.62. The van der Waals surface area contributed by atoms with E-state index in [1.165, 1.54) is 0 Å².